The van der Waals surface area contributed by atoms with E-state index in [0.29, 0.717) is 26.6 Å². The zero-order chi connectivity index (χ0) is 19.4. The van der Waals surface area contributed by atoms with Crippen LogP contribution in [0, 0.1) is 6.92 Å². The molecule has 27 heavy (non-hydrogen) atoms. The molecule has 1 aromatic heterocycles. The van der Waals surface area contributed by atoms with Gasteiger partial charge in [-0.05, 0) is 42.8 Å². The molecule has 3 aromatic rings. The van der Waals surface area contributed by atoms with E-state index < -0.39 is 0 Å². The largest absolute Gasteiger partial charge is 0.495 e. The van der Waals surface area contributed by atoms with Gasteiger partial charge in [0.1, 0.15) is 12.1 Å². The van der Waals surface area contributed by atoms with Crippen molar-refractivity contribution in [3.63, 3.8) is 0 Å². The summed E-state index contributed by atoms with van der Waals surface area (Å²) in [5, 5.41) is 12.6. The lowest BCUT2D eigenvalue weighted by Gasteiger charge is -2.11. The quantitative estimate of drug-likeness (QED) is 0.586. The molecule has 1 N–H and O–H groups in total. The van der Waals surface area contributed by atoms with Gasteiger partial charge in [0.15, 0.2) is 5.16 Å². The normalized spacial score (nSPS) is 10.7. The number of nitrogens with zero attached hydrogens (tertiary/aromatic N) is 3. The smallest absolute Gasteiger partial charge is 0.234 e. The van der Waals surface area contributed by atoms with Gasteiger partial charge in [-0.25, -0.2) is 0 Å². The molecular weight excluding hydrogens is 407 g/mol. The number of carbonyl (C=O) groups excluding carboxylic acids is 1. The molecular formula is C18H16Cl2N4O2S. The fraction of sp³-hybridized carbons (Fsp3) is 0.167. The maximum atomic E-state index is 12.3. The third-order valence-corrected chi connectivity index (χ3v) is 5.30. The standard InChI is InChI=1S/C18H16Cl2N4O2S/c1-11-3-5-13(8-14(11)20)24-10-21-23-18(24)27-9-17(25)22-15-7-12(19)4-6-16(15)26-2/h3-8,10H,9H2,1-2H3,(H,22,25). The molecule has 0 fully saturated rings. The van der Waals surface area contributed by atoms with Crippen LogP contribution in [0.25, 0.3) is 5.69 Å². The average Bonchev–Trinajstić information content (AvgIpc) is 3.11. The van der Waals surface area contributed by atoms with E-state index in [2.05, 4.69) is 15.5 Å². The Labute approximate surface area is 170 Å². The number of benzene rings is 2. The monoisotopic (exact) mass is 422 g/mol. The minimum absolute atomic E-state index is 0.147. The molecule has 140 valence electrons. The molecule has 2 aromatic carbocycles. The van der Waals surface area contributed by atoms with E-state index in [9.17, 15) is 4.79 Å². The molecule has 0 unspecified atom stereocenters. The number of carbonyl (C=O) groups is 1. The number of rotatable bonds is 6. The highest BCUT2D eigenvalue weighted by molar-refractivity contribution is 7.99. The van der Waals surface area contributed by atoms with Gasteiger partial charge in [0.25, 0.3) is 0 Å². The minimum Gasteiger partial charge on any atom is -0.495 e. The number of aromatic nitrogens is 3. The molecule has 0 aliphatic heterocycles. The van der Waals surface area contributed by atoms with Crippen LogP contribution in [-0.2, 0) is 4.79 Å². The summed E-state index contributed by atoms with van der Waals surface area (Å²) in [4.78, 5) is 12.3. The van der Waals surface area contributed by atoms with E-state index in [-0.39, 0.29) is 11.7 Å². The van der Waals surface area contributed by atoms with E-state index in [1.807, 2.05) is 25.1 Å². The predicted molar refractivity (Wildman–Crippen MR) is 108 cm³/mol. The molecule has 1 amide bonds. The molecule has 6 nitrogen and oxygen atoms in total. The van der Waals surface area contributed by atoms with Gasteiger partial charge in [0.2, 0.25) is 5.91 Å². The number of halogens is 2. The van der Waals surface area contributed by atoms with Crippen molar-refractivity contribution in [1.82, 2.24) is 14.8 Å². The highest BCUT2D eigenvalue weighted by Crippen LogP contribution is 2.28. The third kappa shape index (κ3) is 4.74. The van der Waals surface area contributed by atoms with Crippen molar-refractivity contribution in [3.05, 3.63) is 58.3 Å². The lowest BCUT2D eigenvalue weighted by Crippen LogP contribution is -2.15. The molecule has 0 atom stereocenters. The van der Waals surface area contributed by atoms with Gasteiger partial charge in [0.05, 0.1) is 24.2 Å². The number of hydrogen-bond donors (Lipinski definition) is 1. The van der Waals surface area contributed by atoms with Crippen molar-refractivity contribution in [2.24, 2.45) is 0 Å². The first-order chi connectivity index (χ1) is 13.0. The van der Waals surface area contributed by atoms with Crippen LogP contribution in [0.4, 0.5) is 5.69 Å². The first kappa shape index (κ1) is 19.5. The number of amides is 1. The van der Waals surface area contributed by atoms with E-state index in [1.54, 1.807) is 29.1 Å². The summed E-state index contributed by atoms with van der Waals surface area (Å²) in [6.45, 7) is 1.93. The summed E-state index contributed by atoms with van der Waals surface area (Å²) >= 11 is 13.4. The van der Waals surface area contributed by atoms with E-state index in [0.717, 1.165) is 11.3 Å². The fourth-order valence-corrected chi connectivity index (χ4v) is 3.40. The van der Waals surface area contributed by atoms with E-state index in [4.69, 9.17) is 27.9 Å². The first-order valence-electron chi connectivity index (χ1n) is 7.90. The average molecular weight is 423 g/mol. The van der Waals surface area contributed by atoms with Crippen LogP contribution in [-0.4, -0.2) is 33.5 Å². The van der Waals surface area contributed by atoms with Crippen LogP contribution in [0.5, 0.6) is 5.75 Å². The molecule has 1 heterocycles. The van der Waals surface area contributed by atoms with Crippen molar-refractivity contribution in [2.45, 2.75) is 12.1 Å². The number of nitrogens with one attached hydrogen (secondary N) is 1. The molecule has 3 rings (SSSR count). The van der Waals surface area contributed by atoms with Gasteiger partial charge >= 0.3 is 0 Å². The zero-order valence-electron chi connectivity index (χ0n) is 14.6. The number of aryl methyl sites for hydroxylation is 1. The summed E-state index contributed by atoms with van der Waals surface area (Å²) in [7, 11) is 1.53. The number of hydrogen-bond acceptors (Lipinski definition) is 5. The van der Waals surface area contributed by atoms with Crippen LogP contribution in [0.15, 0.2) is 47.9 Å². The molecule has 0 spiro atoms. The SMILES string of the molecule is COc1ccc(Cl)cc1NC(=O)CSc1nncn1-c1ccc(C)c(Cl)c1. The van der Waals surface area contributed by atoms with Crippen LogP contribution < -0.4 is 10.1 Å². The van der Waals surface area contributed by atoms with Gasteiger partial charge in [-0.3, -0.25) is 9.36 Å². The third-order valence-electron chi connectivity index (χ3n) is 3.72. The topological polar surface area (TPSA) is 69.0 Å². The van der Waals surface area contributed by atoms with Crippen molar-refractivity contribution in [3.8, 4) is 11.4 Å². The van der Waals surface area contributed by atoms with Crippen LogP contribution in [0.3, 0.4) is 0 Å². The van der Waals surface area contributed by atoms with Crippen LogP contribution in [0.2, 0.25) is 10.0 Å². The molecule has 0 saturated carbocycles. The second-order valence-electron chi connectivity index (χ2n) is 5.60. The van der Waals surface area contributed by atoms with Gasteiger partial charge in [-0.2, -0.15) is 0 Å². The Hall–Kier alpha value is -2.22. The molecule has 0 saturated heterocycles. The maximum absolute atomic E-state index is 12.3. The second kappa shape index (κ2) is 8.65. The summed E-state index contributed by atoms with van der Waals surface area (Å²) in [6.07, 6.45) is 1.58. The predicted octanol–water partition coefficient (Wildman–Crippen LogP) is 4.62. The molecule has 0 aliphatic rings. The highest BCUT2D eigenvalue weighted by atomic mass is 35.5. The van der Waals surface area contributed by atoms with E-state index in [1.165, 1.54) is 18.9 Å². The molecule has 9 heteroatoms. The summed E-state index contributed by atoms with van der Waals surface area (Å²) in [6, 6.07) is 10.7. The Morgan fingerprint density at radius 3 is 2.81 bits per heavy atom. The summed E-state index contributed by atoms with van der Waals surface area (Å²) in [5.74, 6) is 0.473. The number of thioether (sulfide) groups is 1. The van der Waals surface area contributed by atoms with Gasteiger partial charge in [0, 0.05) is 10.0 Å². The van der Waals surface area contributed by atoms with Gasteiger partial charge in [-0.1, -0.05) is 41.0 Å². The van der Waals surface area contributed by atoms with Crippen molar-refractivity contribution < 1.29 is 9.53 Å². The van der Waals surface area contributed by atoms with E-state index >= 15 is 0 Å². The molecule has 0 radical (unpaired) electrons. The van der Waals surface area contributed by atoms with Gasteiger partial charge < -0.3 is 10.1 Å². The summed E-state index contributed by atoms with van der Waals surface area (Å²) in [5.41, 5.74) is 2.33. The van der Waals surface area contributed by atoms with Crippen molar-refractivity contribution in [1.29, 1.82) is 0 Å². The Bertz CT molecular complexity index is 978. The van der Waals surface area contributed by atoms with Crippen LogP contribution in [0.1, 0.15) is 5.56 Å². The number of anilines is 1. The lowest BCUT2D eigenvalue weighted by molar-refractivity contribution is -0.113. The second-order valence-corrected chi connectivity index (χ2v) is 7.38. The lowest BCUT2D eigenvalue weighted by atomic mass is 10.2. The molecule has 0 aliphatic carbocycles. The Kier molecular flexibility index (Phi) is 6.26. The number of ether oxygens (including phenoxy) is 1. The summed E-state index contributed by atoms with van der Waals surface area (Å²) < 4.78 is 7.01. The highest BCUT2D eigenvalue weighted by Gasteiger charge is 2.13. The minimum atomic E-state index is -0.211. The van der Waals surface area contributed by atoms with Crippen molar-refractivity contribution >= 4 is 46.6 Å². The number of methoxy groups -OCH3 is 1. The Morgan fingerprint density at radius 2 is 2.07 bits per heavy atom. The van der Waals surface area contributed by atoms with Crippen LogP contribution >= 0.6 is 35.0 Å². The Morgan fingerprint density at radius 1 is 1.26 bits per heavy atom. The maximum Gasteiger partial charge on any atom is 0.234 e. The molecule has 0 bridgehead atoms. The van der Waals surface area contributed by atoms with Crippen molar-refractivity contribution in [2.75, 3.05) is 18.2 Å². The first-order valence-corrected chi connectivity index (χ1v) is 9.65. The zero-order valence-corrected chi connectivity index (χ0v) is 16.9. The van der Waals surface area contributed by atoms with Gasteiger partial charge in [-0.15, -0.1) is 10.2 Å². The fourth-order valence-electron chi connectivity index (χ4n) is 2.33. The Balaban J connectivity index is 1.69.